The summed E-state index contributed by atoms with van der Waals surface area (Å²) in [5.74, 6) is -1.02. The highest BCUT2D eigenvalue weighted by Crippen LogP contribution is 2.31. The zero-order valence-electron chi connectivity index (χ0n) is 23.3. The Balaban J connectivity index is 0.00000462. The number of carbonyl (C=O) groups excluding carboxylic acids is 4. The Morgan fingerprint density at radius 2 is 1.93 bits per heavy atom. The second-order valence-corrected chi connectivity index (χ2v) is 9.67. The highest BCUT2D eigenvalue weighted by Gasteiger charge is 2.39. The molecule has 14 heteroatoms. The summed E-state index contributed by atoms with van der Waals surface area (Å²) in [5.41, 5.74) is 8.90. The van der Waals surface area contributed by atoms with Gasteiger partial charge in [0.25, 0.3) is 11.8 Å². The van der Waals surface area contributed by atoms with Crippen LogP contribution < -0.4 is 16.4 Å². The summed E-state index contributed by atoms with van der Waals surface area (Å²) in [4.78, 5) is 55.7. The number of rotatable bonds is 10. The van der Waals surface area contributed by atoms with Crippen LogP contribution in [0.4, 0.5) is 16.3 Å². The van der Waals surface area contributed by atoms with E-state index in [9.17, 15) is 19.2 Å². The molecule has 1 fully saturated rings. The lowest BCUT2D eigenvalue weighted by Crippen LogP contribution is -2.40. The van der Waals surface area contributed by atoms with Gasteiger partial charge in [0.05, 0.1) is 5.56 Å². The minimum atomic E-state index is -0.907. The largest absolute Gasteiger partial charge is 0.427 e. The third-order valence-corrected chi connectivity index (χ3v) is 6.43. The number of benzene rings is 1. The number of fused-ring (bicyclic) bond motifs is 1. The highest BCUT2D eigenvalue weighted by molar-refractivity contribution is 6.04. The maximum absolute atomic E-state index is 13.4. The average molecular weight is 588 g/mol. The van der Waals surface area contributed by atoms with Gasteiger partial charge >= 0.3 is 12.1 Å². The van der Waals surface area contributed by atoms with Gasteiger partial charge in [-0.1, -0.05) is 13.0 Å². The van der Waals surface area contributed by atoms with Crippen LogP contribution in [0.25, 0.3) is 5.52 Å². The second-order valence-electron chi connectivity index (χ2n) is 9.67. The summed E-state index contributed by atoms with van der Waals surface area (Å²) in [6, 6.07) is 3.83. The number of esters is 1. The van der Waals surface area contributed by atoms with E-state index in [4.69, 9.17) is 15.2 Å². The monoisotopic (exact) mass is 587 g/mol. The molecule has 2 aromatic heterocycles. The molecule has 0 saturated heterocycles. The smallest absolute Gasteiger partial charge is 0.419 e. The Morgan fingerprint density at radius 1 is 1.20 bits per heavy atom. The van der Waals surface area contributed by atoms with Crippen molar-refractivity contribution in [3.63, 3.8) is 0 Å². The number of hydrogen-bond acceptors (Lipinski definition) is 10. The number of carbonyl (C=O) groups is 4. The Morgan fingerprint density at radius 3 is 2.59 bits per heavy atom. The minimum Gasteiger partial charge on any atom is -0.427 e. The average Bonchev–Trinajstić information content (AvgIpc) is 3.70. The Bertz CT molecular complexity index is 1450. The summed E-state index contributed by atoms with van der Waals surface area (Å²) >= 11 is 0. The molecule has 220 valence electrons. The van der Waals surface area contributed by atoms with E-state index < -0.39 is 30.8 Å². The van der Waals surface area contributed by atoms with Gasteiger partial charge in [-0.05, 0) is 63.3 Å². The zero-order chi connectivity index (χ0) is 29.0. The van der Waals surface area contributed by atoms with Gasteiger partial charge in [-0.2, -0.15) is 5.10 Å². The number of halogens is 1. The quantitative estimate of drug-likeness (QED) is 0.236. The van der Waals surface area contributed by atoms with Gasteiger partial charge < -0.3 is 25.8 Å². The van der Waals surface area contributed by atoms with Gasteiger partial charge in [0, 0.05) is 30.0 Å². The number of aromatic nitrogens is 3. The first-order valence-electron chi connectivity index (χ1n) is 13.0. The van der Waals surface area contributed by atoms with E-state index in [2.05, 4.69) is 20.7 Å². The van der Waals surface area contributed by atoms with Crippen LogP contribution in [0.5, 0.6) is 0 Å². The van der Waals surface area contributed by atoms with Gasteiger partial charge in [0.1, 0.15) is 17.9 Å². The normalized spacial score (nSPS) is 13.1. The van der Waals surface area contributed by atoms with Crippen LogP contribution >= 0.6 is 12.4 Å². The summed E-state index contributed by atoms with van der Waals surface area (Å²) in [6.07, 6.45) is 4.23. The number of imide groups is 1. The van der Waals surface area contributed by atoms with Crippen molar-refractivity contribution in [2.24, 2.45) is 5.73 Å². The SMILES string of the molecule is CCCNC(=O)c1cn2ncnc(Nc3cc(C(=O)N(C(=O)OCOC(=O)[C@H](C)N)C4CC4)ccc3C)c2c1C.Cl. The molecular weight excluding hydrogens is 554 g/mol. The molecule has 0 spiro atoms. The fourth-order valence-electron chi connectivity index (χ4n) is 4.04. The molecule has 41 heavy (non-hydrogen) atoms. The van der Waals surface area contributed by atoms with Gasteiger partial charge in [-0.3, -0.25) is 14.4 Å². The van der Waals surface area contributed by atoms with Crippen molar-refractivity contribution < 1.29 is 28.7 Å². The molecule has 3 aromatic rings. The highest BCUT2D eigenvalue weighted by atomic mass is 35.5. The predicted molar refractivity (Wildman–Crippen MR) is 152 cm³/mol. The standard InChI is InChI=1S/C27H33N7O6.ClH/c1-5-10-29-24(35)20-12-33-22(16(20)3)23(30-13-31-33)32-21-11-18(7-6-15(21)2)25(36)34(19-8-9-19)27(38)40-14-39-26(37)17(4)28;/h6-7,11-13,17,19H,5,8-10,14,28H2,1-4H3,(H,29,35)(H,30,31,32);1H/t17-;/m0./s1. The number of nitrogens with two attached hydrogens (primary N) is 1. The van der Waals surface area contributed by atoms with Gasteiger partial charge in [0.15, 0.2) is 5.82 Å². The first kappa shape index (κ1) is 31.3. The van der Waals surface area contributed by atoms with E-state index >= 15 is 0 Å². The van der Waals surface area contributed by atoms with E-state index in [0.717, 1.165) is 16.9 Å². The van der Waals surface area contributed by atoms with Crippen LogP contribution in [-0.2, 0) is 14.3 Å². The second kappa shape index (κ2) is 13.4. The van der Waals surface area contributed by atoms with Crippen molar-refractivity contribution in [3.05, 3.63) is 53.0 Å². The molecule has 1 aliphatic rings. The Hall–Kier alpha value is -4.23. The molecule has 0 radical (unpaired) electrons. The molecule has 0 aliphatic heterocycles. The molecular formula is C27H34ClN7O6. The topological polar surface area (TPSA) is 170 Å². The van der Waals surface area contributed by atoms with Crippen LogP contribution in [-0.4, -0.2) is 68.8 Å². The van der Waals surface area contributed by atoms with Crippen LogP contribution in [0.15, 0.2) is 30.7 Å². The number of ether oxygens (including phenoxy) is 2. The third-order valence-electron chi connectivity index (χ3n) is 6.43. The van der Waals surface area contributed by atoms with Crippen molar-refractivity contribution in [1.29, 1.82) is 0 Å². The van der Waals surface area contributed by atoms with Crippen molar-refractivity contribution in [2.75, 3.05) is 18.7 Å². The van der Waals surface area contributed by atoms with Crippen molar-refractivity contribution >= 4 is 53.3 Å². The number of hydrogen-bond donors (Lipinski definition) is 3. The van der Waals surface area contributed by atoms with Crippen molar-refractivity contribution in [1.82, 2.24) is 24.8 Å². The Kier molecular flexibility index (Phi) is 10.2. The van der Waals surface area contributed by atoms with Gasteiger partial charge in [0.2, 0.25) is 6.79 Å². The number of aryl methyl sites for hydroxylation is 2. The maximum atomic E-state index is 13.4. The molecule has 0 unspecified atom stereocenters. The molecule has 1 saturated carbocycles. The number of nitrogens with zero attached hydrogens (tertiary/aromatic N) is 4. The number of anilines is 2. The van der Waals surface area contributed by atoms with Crippen molar-refractivity contribution in [3.8, 4) is 0 Å². The summed E-state index contributed by atoms with van der Waals surface area (Å²) in [7, 11) is 0. The molecule has 3 amide bonds. The molecule has 4 rings (SSSR count). The Labute approximate surface area is 243 Å². The fourth-order valence-corrected chi connectivity index (χ4v) is 4.04. The summed E-state index contributed by atoms with van der Waals surface area (Å²) in [5, 5.41) is 10.4. The molecule has 1 aromatic carbocycles. The first-order chi connectivity index (χ1) is 19.1. The molecule has 0 bridgehead atoms. The molecule has 2 heterocycles. The molecule has 1 atom stereocenters. The van der Waals surface area contributed by atoms with Crippen molar-refractivity contribution in [2.45, 2.75) is 59.0 Å². The lowest BCUT2D eigenvalue weighted by molar-refractivity contribution is -0.153. The number of amides is 3. The minimum absolute atomic E-state index is 0. The summed E-state index contributed by atoms with van der Waals surface area (Å²) in [6.45, 7) is 7.03. The molecule has 1 aliphatic carbocycles. The molecule has 13 nitrogen and oxygen atoms in total. The maximum Gasteiger partial charge on any atom is 0.419 e. The zero-order valence-corrected chi connectivity index (χ0v) is 24.1. The van der Waals surface area contributed by atoms with Crippen LogP contribution in [0.1, 0.15) is 65.0 Å². The summed E-state index contributed by atoms with van der Waals surface area (Å²) < 4.78 is 11.4. The lowest BCUT2D eigenvalue weighted by atomic mass is 10.1. The van der Waals surface area contributed by atoms with Crippen LogP contribution in [0.3, 0.4) is 0 Å². The van der Waals surface area contributed by atoms with Crippen LogP contribution in [0.2, 0.25) is 0 Å². The van der Waals surface area contributed by atoms with E-state index in [1.54, 1.807) is 28.9 Å². The van der Waals surface area contributed by atoms with E-state index in [0.29, 0.717) is 47.5 Å². The van der Waals surface area contributed by atoms with E-state index in [1.807, 2.05) is 20.8 Å². The van der Waals surface area contributed by atoms with Gasteiger partial charge in [-0.25, -0.2) is 19.2 Å². The fraction of sp³-hybridized carbons (Fsp3) is 0.407. The number of nitrogens with one attached hydrogen (secondary N) is 2. The van der Waals surface area contributed by atoms with E-state index in [1.165, 1.54) is 13.3 Å². The van der Waals surface area contributed by atoms with Crippen LogP contribution in [0, 0.1) is 13.8 Å². The third kappa shape index (κ3) is 7.11. The predicted octanol–water partition coefficient (Wildman–Crippen LogP) is 3.24. The first-order valence-corrected chi connectivity index (χ1v) is 13.0. The van der Waals surface area contributed by atoms with E-state index in [-0.39, 0.29) is 29.9 Å². The lowest BCUT2D eigenvalue weighted by Gasteiger charge is -2.21. The molecule has 4 N–H and O–H groups in total. The van der Waals surface area contributed by atoms with Gasteiger partial charge in [-0.15, -0.1) is 12.4 Å².